The van der Waals surface area contributed by atoms with E-state index < -0.39 is 5.97 Å². The second-order valence-corrected chi connectivity index (χ2v) is 3.61. The Bertz CT molecular complexity index is 352. The van der Waals surface area contributed by atoms with Crippen LogP contribution in [0.4, 0.5) is 0 Å². The van der Waals surface area contributed by atoms with Crippen molar-refractivity contribution in [3.63, 3.8) is 0 Å². The van der Waals surface area contributed by atoms with E-state index in [2.05, 4.69) is 4.74 Å². The largest absolute Gasteiger partial charge is 0.458 e. The fraction of sp³-hybridized carbons (Fsp3) is 0.417. The van der Waals surface area contributed by atoms with Crippen molar-refractivity contribution in [2.45, 2.75) is 19.8 Å². The molecule has 0 aromatic rings. The molecule has 1 aliphatic rings. The molecule has 0 saturated carbocycles. The highest BCUT2D eigenvalue weighted by Gasteiger charge is 2.17. The molecule has 0 aromatic carbocycles. The normalized spacial score (nSPS) is 19.6. The molecule has 16 heavy (non-hydrogen) atoms. The summed E-state index contributed by atoms with van der Waals surface area (Å²) in [5.41, 5.74) is 0.586. The molecule has 0 fully saturated rings. The van der Waals surface area contributed by atoms with Gasteiger partial charge < -0.3 is 4.74 Å². The summed E-state index contributed by atoms with van der Waals surface area (Å²) in [4.78, 5) is 32.7. The second kappa shape index (κ2) is 6.00. The first-order valence-electron chi connectivity index (χ1n) is 5.13. The molecule has 0 radical (unpaired) electrons. The smallest absolute Gasteiger partial charge is 0.303 e. The molecular weight excluding hydrogens is 208 g/mol. The number of Topliss-reactive ketones (excluding diaryl/α,β-unsaturated/α-hetero) is 1. The first-order valence-corrected chi connectivity index (χ1v) is 5.13. The van der Waals surface area contributed by atoms with Crippen LogP contribution in [0.5, 0.6) is 0 Å². The van der Waals surface area contributed by atoms with Crippen LogP contribution in [0.3, 0.4) is 0 Å². The lowest BCUT2D eigenvalue weighted by Crippen LogP contribution is -2.19. The molecule has 0 aliphatic heterocycles. The van der Waals surface area contributed by atoms with Crippen LogP contribution in [0.25, 0.3) is 0 Å². The van der Waals surface area contributed by atoms with Gasteiger partial charge in [0.05, 0.1) is 0 Å². The Kier molecular flexibility index (Phi) is 4.64. The zero-order valence-corrected chi connectivity index (χ0v) is 9.14. The Balaban J connectivity index is 2.53. The summed E-state index contributed by atoms with van der Waals surface area (Å²) in [5, 5.41) is 0. The Morgan fingerprint density at radius 1 is 1.56 bits per heavy atom. The molecule has 0 heterocycles. The van der Waals surface area contributed by atoms with Gasteiger partial charge in [-0.25, -0.2) is 0 Å². The van der Waals surface area contributed by atoms with Crippen LogP contribution in [0.15, 0.2) is 23.8 Å². The molecule has 0 bridgehead atoms. The molecule has 1 rings (SSSR count). The molecular formula is C12H14O4. The van der Waals surface area contributed by atoms with Crippen molar-refractivity contribution >= 4 is 18.0 Å². The lowest BCUT2D eigenvalue weighted by molar-refractivity contribution is -0.146. The SMILES string of the molecule is CC(=O)OCC(=O)C1C=CC(C=O)=CCC1. The molecule has 0 N–H and O–H groups in total. The first kappa shape index (κ1) is 12.4. The minimum Gasteiger partial charge on any atom is -0.458 e. The van der Waals surface area contributed by atoms with E-state index in [4.69, 9.17) is 0 Å². The Hall–Kier alpha value is -1.71. The molecule has 1 aliphatic carbocycles. The van der Waals surface area contributed by atoms with Gasteiger partial charge in [0.25, 0.3) is 0 Å². The Morgan fingerprint density at radius 2 is 2.31 bits per heavy atom. The van der Waals surface area contributed by atoms with E-state index >= 15 is 0 Å². The zero-order valence-electron chi connectivity index (χ0n) is 9.14. The van der Waals surface area contributed by atoms with Crippen LogP contribution < -0.4 is 0 Å². The average molecular weight is 222 g/mol. The van der Waals surface area contributed by atoms with Crippen molar-refractivity contribution < 1.29 is 19.1 Å². The van der Waals surface area contributed by atoms with Gasteiger partial charge in [0, 0.05) is 18.4 Å². The highest BCUT2D eigenvalue weighted by Crippen LogP contribution is 2.16. The summed E-state index contributed by atoms with van der Waals surface area (Å²) < 4.78 is 4.64. The van der Waals surface area contributed by atoms with Crippen LogP contribution in [0.1, 0.15) is 19.8 Å². The fourth-order valence-electron chi connectivity index (χ4n) is 1.46. The van der Waals surface area contributed by atoms with Gasteiger partial charge in [0.2, 0.25) is 0 Å². The third kappa shape index (κ3) is 3.81. The van der Waals surface area contributed by atoms with Crippen LogP contribution in [0, 0.1) is 5.92 Å². The summed E-state index contributed by atoms with van der Waals surface area (Å²) in [5.74, 6) is -0.863. The van der Waals surface area contributed by atoms with Crippen molar-refractivity contribution in [1.29, 1.82) is 0 Å². The van der Waals surface area contributed by atoms with Gasteiger partial charge in [0.1, 0.15) is 6.29 Å². The number of carbonyl (C=O) groups excluding carboxylic acids is 3. The molecule has 0 spiro atoms. The van der Waals surface area contributed by atoms with Crippen molar-refractivity contribution in [3.8, 4) is 0 Å². The molecule has 1 unspecified atom stereocenters. The van der Waals surface area contributed by atoms with Crippen molar-refractivity contribution in [2.24, 2.45) is 5.92 Å². The number of esters is 1. The number of hydrogen-bond acceptors (Lipinski definition) is 4. The minimum absolute atomic E-state index is 0.132. The lowest BCUT2D eigenvalue weighted by Gasteiger charge is -2.08. The van der Waals surface area contributed by atoms with Crippen LogP contribution in [-0.4, -0.2) is 24.6 Å². The highest BCUT2D eigenvalue weighted by atomic mass is 16.5. The second-order valence-electron chi connectivity index (χ2n) is 3.61. The highest BCUT2D eigenvalue weighted by molar-refractivity contribution is 5.86. The van der Waals surface area contributed by atoms with Crippen molar-refractivity contribution in [3.05, 3.63) is 23.8 Å². The zero-order chi connectivity index (χ0) is 12.0. The monoisotopic (exact) mass is 222 g/mol. The number of carbonyl (C=O) groups is 3. The summed E-state index contributed by atoms with van der Waals surface area (Å²) in [7, 11) is 0. The first-order chi connectivity index (χ1) is 7.63. The topological polar surface area (TPSA) is 60.4 Å². The summed E-state index contributed by atoms with van der Waals surface area (Å²) >= 11 is 0. The van der Waals surface area contributed by atoms with Gasteiger partial charge in [0.15, 0.2) is 12.4 Å². The van der Waals surface area contributed by atoms with Gasteiger partial charge in [-0.1, -0.05) is 18.2 Å². The Labute approximate surface area is 94.0 Å². The fourth-order valence-corrected chi connectivity index (χ4v) is 1.46. The van der Waals surface area contributed by atoms with E-state index in [1.807, 2.05) is 0 Å². The molecule has 1 atom stereocenters. The number of hydrogen-bond donors (Lipinski definition) is 0. The summed E-state index contributed by atoms with van der Waals surface area (Å²) in [6.45, 7) is 1.07. The van der Waals surface area contributed by atoms with E-state index in [1.165, 1.54) is 6.92 Å². The summed E-state index contributed by atoms with van der Waals surface area (Å²) in [6.07, 6.45) is 7.21. The van der Waals surface area contributed by atoms with E-state index in [1.54, 1.807) is 18.2 Å². The van der Waals surface area contributed by atoms with Crippen LogP contribution in [-0.2, 0) is 19.1 Å². The quantitative estimate of drug-likeness (QED) is 0.530. The van der Waals surface area contributed by atoms with Gasteiger partial charge in [-0.05, 0) is 12.8 Å². The van der Waals surface area contributed by atoms with Gasteiger partial charge in [-0.15, -0.1) is 0 Å². The lowest BCUT2D eigenvalue weighted by atomic mass is 9.99. The van der Waals surface area contributed by atoms with E-state index in [9.17, 15) is 14.4 Å². The van der Waals surface area contributed by atoms with Gasteiger partial charge in [-0.2, -0.15) is 0 Å². The minimum atomic E-state index is -0.461. The van der Waals surface area contributed by atoms with Crippen molar-refractivity contribution in [1.82, 2.24) is 0 Å². The van der Waals surface area contributed by atoms with E-state index in [-0.39, 0.29) is 18.3 Å². The van der Waals surface area contributed by atoms with E-state index in [0.29, 0.717) is 18.4 Å². The van der Waals surface area contributed by atoms with Crippen molar-refractivity contribution in [2.75, 3.05) is 6.61 Å². The molecule has 0 aromatic heterocycles. The van der Waals surface area contributed by atoms with Gasteiger partial charge >= 0.3 is 5.97 Å². The molecule has 0 saturated heterocycles. The number of ether oxygens (including phenoxy) is 1. The maximum absolute atomic E-state index is 11.6. The van der Waals surface area contributed by atoms with Crippen LogP contribution >= 0.6 is 0 Å². The third-order valence-electron chi connectivity index (χ3n) is 2.35. The number of allylic oxidation sites excluding steroid dienone is 4. The Morgan fingerprint density at radius 3 is 2.94 bits per heavy atom. The standard InChI is InChI=1S/C12H14O4/c1-9(14)16-8-12(15)11-4-2-3-10(7-13)5-6-11/h3,5-7,11H,2,4,8H2,1H3. The molecule has 0 amide bonds. The maximum atomic E-state index is 11.6. The number of aldehydes is 1. The number of ketones is 1. The van der Waals surface area contributed by atoms with Crippen LogP contribution in [0.2, 0.25) is 0 Å². The van der Waals surface area contributed by atoms with E-state index in [0.717, 1.165) is 6.29 Å². The average Bonchev–Trinajstić information content (AvgIpc) is 2.50. The molecule has 86 valence electrons. The maximum Gasteiger partial charge on any atom is 0.303 e. The third-order valence-corrected chi connectivity index (χ3v) is 2.35. The molecule has 4 nitrogen and oxygen atoms in total. The number of rotatable bonds is 4. The summed E-state index contributed by atoms with van der Waals surface area (Å²) in [6, 6.07) is 0. The predicted molar refractivity (Wildman–Crippen MR) is 57.7 cm³/mol. The molecule has 4 heteroatoms. The van der Waals surface area contributed by atoms with Gasteiger partial charge in [-0.3, -0.25) is 14.4 Å². The predicted octanol–water partition coefficient (Wildman–Crippen LogP) is 1.21.